The topological polar surface area (TPSA) is 54.4 Å². The minimum absolute atomic E-state index is 0.442. The van der Waals surface area contributed by atoms with Gasteiger partial charge < -0.3 is 9.64 Å². The lowest BCUT2D eigenvalue weighted by molar-refractivity contribution is 0.140. The van der Waals surface area contributed by atoms with Gasteiger partial charge in [-0.3, -0.25) is 4.90 Å². The number of pyridine rings is 1. The van der Waals surface area contributed by atoms with Gasteiger partial charge >= 0.3 is 0 Å². The van der Waals surface area contributed by atoms with Crippen molar-refractivity contribution >= 4 is 16.9 Å². The van der Waals surface area contributed by atoms with Crippen LogP contribution in [0.25, 0.3) is 11.2 Å². The highest BCUT2D eigenvalue weighted by Gasteiger charge is 2.15. The summed E-state index contributed by atoms with van der Waals surface area (Å²) in [6.07, 6.45) is 1.71. The van der Waals surface area contributed by atoms with Gasteiger partial charge in [-0.15, -0.1) is 0 Å². The smallest absolute Gasteiger partial charge is 0.249 e. The number of para-hydroxylation sites is 1. The van der Waals surface area contributed by atoms with Crippen molar-refractivity contribution in [2.45, 2.75) is 39.8 Å². The Labute approximate surface area is 185 Å². The van der Waals surface area contributed by atoms with E-state index in [-0.39, 0.29) is 0 Å². The average molecular weight is 418 g/mol. The number of benzene rings is 1. The summed E-state index contributed by atoms with van der Waals surface area (Å²) in [5.74, 6) is 6.86. The average Bonchev–Trinajstić information content (AvgIpc) is 2.74. The summed E-state index contributed by atoms with van der Waals surface area (Å²) in [5.41, 5.74) is 3.73. The Morgan fingerprint density at radius 2 is 1.68 bits per heavy atom. The lowest BCUT2D eigenvalue weighted by Crippen LogP contribution is -2.39. The van der Waals surface area contributed by atoms with Crippen molar-refractivity contribution in [1.82, 2.24) is 19.9 Å². The molecule has 0 saturated carbocycles. The second-order valence-electron chi connectivity index (χ2n) is 8.16. The van der Waals surface area contributed by atoms with E-state index in [1.807, 2.05) is 55.4 Å². The van der Waals surface area contributed by atoms with E-state index in [0.717, 1.165) is 17.8 Å². The third-order valence-corrected chi connectivity index (χ3v) is 5.02. The molecule has 6 heteroatoms. The molecule has 0 aliphatic carbocycles. The van der Waals surface area contributed by atoms with Crippen LogP contribution in [-0.4, -0.2) is 59.2 Å². The van der Waals surface area contributed by atoms with Crippen molar-refractivity contribution in [3.63, 3.8) is 0 Å². The second kappa shape index (κ2) is 10.2. The van der Waals surface area contributed by atoms with E-state index in [1.54, 1.807) is 6.20 Å². The maximum absolute atomic E-state index is 6.09. The van der Waals surface area contributed by atoms with Gasteiger partial charge in [-0.2, -0.15) is 0 Å². The minimum atomic E-state index is 0.442. The van der Waals surface area contributed by atoms with Crippen LogP contribution in [0, 0.1) is 11.8 Å². The predicted octanol–water partition coefficient (Wildman–Crippen LogP) is 3.99. The third-order valence-electron chi connectivity index (χ3n) is 5.02. The highest BCUT2D eigenvalue weighted by molar-refractivity contribution is 5.71. The Morgan fingerprint density at radius 1 is 0.935 bits per heavy atom. The minimum Gasteiger partial charge on any atom is -0.474 e. The van der Waals surface area contributed by atoms with Crippen molar-refractivity contribution in [2.24, 2.45) is 0 Å². The molecule has 0 fully saturated rings. The molecule has 0 spiro atoms. The van der Waals surface area contributed by atoms with Crippen molar-refractivity contribution in [3.05, 3.63) is 53.9 Å². The lowest BCUT2D eigenvalue weighted by atomic mass is 10.1. The zero-order chi connectivity index (χ0) is 22.4. The maximum Gasteiger partial charge on any atom is 0.249 e. The highest BCUT2D eigenvalue weighted by Crippen LogP contribution is 2.19. The van der Waals surface area contributed by atoms with Gasteiger partial charge in [-0.25, -0.2) is 15.0 Å². The van der Waals surface area contributed by atoms with Gasteiger partial charge in [0.05, 0.1) is 5.69 Å². The van der Waals surface area contributed by atoms with Gasteiger partial charge in [0.25, 0.3) is 0 Å². The molecule has 0 aliphatic rings. The molecule has 2 heterocycles. The van der Waals surface area contributed by atoms with E-state index in [2.05, 4.69) is 59.4 Å². The molecule has 0 saturated heterocycles. The van der Waals surface area contributed by atoms with Gasteiger partial charge in [0.1, 0.15) is 12.1 Å². The van der Waals surface area contributed by atoms with Crippen LogP contribution in [-0.2, 0) is 0 Å². The first-order valence-corrected chi connectivity index (χ1v) is 10.7. The van der Waals surface area contributed by atoms with E-state index in [1.165, 1.54) is 0 Å². The quantitative estimate of drug-likeness (QED) is 0.542. The molecular weight excluding hydrogens is 386 g/mol. The number of anilines is 1. The summed E-state index contributed by atoms with van der Waals surface area (Å²) in [7, 11) is 4.01. The Hall–Kier alpha value is -3.17. The zero-order valence-electron chi connectivity index (χ0n) is 19.3. The second-order valence-corrected chi connectivity index (χ2v) is 8.16. The molecule has 1 aromatic carbocycles. The van der Waals surface area contributed by atoms with Crippen LogP contribution in [0.5, 0.6) is 5.88 Å². The first kappa shape index (κ1) is 22.5. The predicted molar refractivity (Wildman–Crippen MR) is 127 cm³/mol. The van der Waals surface area contributed by atoms with Crippen LogP contribution >= 0.6 is 0 Å². The van der Waals surface area contributed by atoms with Crippen LogP contribution in [0.4, 0.5) is 5.69 Å². The van der Waals surface area contributed by atoms with Gasteiger partial charge in [0, 0.05) is 44.5 Å². The molecule has 0 aliphatic heterocycles. The number of rotatable bonds is 7. The number of hydrogen-bond acceptors (Lipinski definition) is 6. The molecule has 162 valence electrons. The molecule has 0 N–H and O–H groups in total. The van der Waals surface area contributed by atoms with Crippen molar-refractivity contribution < 1.29 is 4.74 Å². The summed E-state index contributed by atoms with van der Waals surface area (Å²) in [6.45, 7) is 10.1. The molecule has 6 nitrogen and oxygen atoms in total. The normalized spacial score (nSPS) is 11.1. The fourth-order valence-electron chi connectivity index (χ4n) is 3.52. The van der Waals surface area contributed by atoms with Gasteiger partial charge in [0.2, 0.25) is 5.88 Å². The van der Waals surface area contributed by atoms with Crippen LogP contribution in [0.15, 0.2) is 42.6 Å². The first-order valence-electron chi connectivity index (χ1n) is 10.7. The van der Waals surface area contributed by atoms with Gasteiger partial charge in [-0.05, 0) is 57.9 Å². The molecule has 3 aromatic rings. The lowest BCUT2D eigenvalue weighted by Gasteiger charge is -2.30. The molecular formula is C25H31N5O. The molecule has 0 amide bonds. The van der Waals surface area contributed by atoms with Gasteiger partial charge in [0.15, 0.2) is 11.3 Å². The Kier molecular flexibility index (Phi) is 7.43. The molecule has 31 heavy (non-hydrogen) atoms. The third kappa shape index (κ3) is 5.71. The summed E-state index contributed by atoms with van der Waals surface area (Å²) in [5, 5.41) is 0. The summed E-state index contributed by atoms with van der Waals surface area (Å²) >= 11 is 0. The number of aromatic nitrogens is 3. The molecule has 0 radical (unpaired) electrons. The largest absolute Gasteiger partial charge is 0.474 e. The van der Waals surface area contributed by atoms with Crippen molar-refractivity contribution in [1.29, 1.82) is 0 Å². The SMILES string of the molecule is CC(C)N(CCOc1nc2cccnc2nc1C#Cc1ccccc1N(C)C)C(C)C. The summed E-state index contributed by atoms with van der Waals surface area (Å²) in [4.78, 5) is 18.0. The van der Waals surface area contributed by atoms with E-state index in [9.17, 15) is 0 Å². The Morgan fingerprint density at radius 3 is 2.39 bits per heavy atom. The van der Waals surface area contributed by atoms with E-state index >= 15 is 0 Å². The zero-order valence-corrected chi connectivity index (χ0v) is 19.3. The standard InChI is InChI=1S/C25H31N5O/c1-18(2)30(19(3)4)16-17-31-25-22(27-24-21(28-25)11-9-15-26-24)14-13-20-10-7-8-12-23(20)29(5)6/h7-12,15,18-19H,16-17H2,1-6H3. The van der Waals surface area contributed by atoms with Gasteiger partial charge in [-0.1, -0.05) is 18.1 Å². The number of fused-ring (bicyclic) bond motifs is 1. The summed E-state index contributed by atoms with van der Waals surface area (Å²) in [6, 6.07) is 12.6. The van der Waals surface area contributed by atoms with E-state index < -0.39 is 0 Å². The fraction of sp³-hybridized carbons (Fsp3) is 0.400. The van der Waals surface area contributed by atoms with Crippen LogP contribution in [0.1, 0.15) is 39.0 Å². The van der Waals surface area contributed by atoms with Crippen LogP contribution in [0.3, 0.4) is 0 Å². The van der Waals surface area contributed by atoms with E-state index in [0.29, 0.717) is 41.4 Å². The first-order chi connectivity index (χ1) is 14.9. The van der Waals surface area contributed by atoms with Crippen molar-refractivity contribution in [2.75, 3.05) is 32.1 Å². The number of hydrogen-bond donors (Lipinski definition) is 0. The van der Waals surface area contributed by atoms with Crippen LogP contribution < -0.4 is 9.64 Å². The molecule has 2 aromatic heterocycles. The molecule has 0 atom stereocenters. The molecule has 3 rings (SSSR count). The molecule has 0 unspecified atom stereocenters. The Balaban J connectivity index is 1.92. The maximum atomic E-state index is 6.09. The monoisotopic (exact) mass is 417 g/mol. The summed E-state index contributed by atoms with van der Waals surface area (Å²) < 4.78 is 6.09. The Bertz CT molecular complexity index is 1070. The molecule has 0 bridgehead atoms. The van der Waals surface area contributed by atoms with E-state index in [4.69, 9.17) is 4.74 Å². The number of ether oxygens (including phenoxy) is 1. The highest BCUT2D eigenvalue weighted by atomic mass is 16.5. The fourth-order valence-corrected chi connectivity index (χ4v) is 3.52. The van der Waals surface area contributed by atoms with Crippen LogP contribution in [0.2, 0.25) is 0 Å². The number of nitrogens with zero attached hydrogens (tertiary/aromatic N) is 5. The van der Waals surface area contributed by atoms with Crippen molar-refractivity contribution in [3.8, 4) is 17.7 Å².